The fraction of sp³-hybridized carbons (Fsp3) is 0.125. The monoisotopic (exact) mass is 411 g/mol. The Morgan fingerprint density at radius 2 is 1.67 bits per heavy atom. The Bertz CT molecular complexity index is 1130. The average molecular weight is 412 g/mol. The highest BCUT2D eigenvalue weighted by atomic mass is 32.1. The average Bonchev–Trinajstić information content (AvgIpc) is 3.40. The molecule has 2 atom stereocenters. The lowest BCUT2D eigenvalue weighted by atomic mass is 10.0. The molecule has 4 heterocycles. The van der Waals surface area contributed by atoms with Crippen molar-refractivity contribution in [2.45, 2.75) is 18.6 Å². The number of para-hydroxylation sites is 1. The maximum absolute atomic E-state index is 5.79. The summed E-state index contributed by atoms with van der Waals surface area (Å²) >= 11 is 5.79. The van der Waals surface area contributed by atoms with E-state index in [2.05, 4.69) is 73.4 Å². The molecule has 148 valence electrons. The summed E-state index contributed by atoms with van der Waals surface area (Å²) in [4.78, 5) is 11.0. The molecule has 1 aromatic carbocycles. The molecule has 1 aliphatic heterocycles. The molecule has 4 aromatic rings. The van der Waals surface area contributed by atoms with Crippen LogP contribution in [-0.4, -0.2) is 24.5 Å². The van der Waals surface area contributed by atoms with Crippen LogP contribution in [0, 0.1) is 0 Å². The van der Waals surface area contributed by atoms with E-state index >= 15 is 0 Å². The lowest BCUT2D eigenvalue weighted by molar-refractivity contribution is 0.302. The van der Waals surface area contributed by atoms with Gasteiger partial charge in [0.05, 0.1) is 17.8 Å². The molecular weight excluding hydrogens is 390 g/mol. The predicted octanol–water partition coefficient (Wildman–Crippen LogP) is 4.44. The van der Waals surface area contributed by atoms with Gasteiger partial charge in [-0.1, -0.05) is 24.3 Å². The number of aromatic nitrogens is 3. The molecule has 0 amide bonds. The van der Waals surface area contributed by atoms with E-state index in [9.17, 15) is 0 Å². The van der Waals surface area contributed by atoms with Crippen molar-refractivity contribution in [2.24, 2.45) is 0 Å². The third-order valence-corrected chi connectivity index (χ3v) is 5.77. The minimum Gasteiger partial charge on any atom is -0.352 e. The Morgan fingerprint density at radius 1 is 0.867 bits per heavy atom. The van der Waals surface area contributed by atoms with Crippen molar-refractivity contribution in [2.75, 3.05) is 0 Å². The van der Waals surface area contributed by atoms with Gasteiger partial charge in [-0.3, -0.25) is 9.97 Å². The Kier molecular flexibility index (Phi) is 4.99. The number of hydrogen-bond donors (Lipinski definition) is 1. The Morgan fingerprint density at radius 3 is 2.43 bits per heavy atom. The van der Waals surface area contributed by atoms with Crippen LogP contribution in [0.5, 0.6) is 0 Å². The van der Waals surface area contributed by atoms with Crippen molar-refractivity contribution < 1.29 is 0 Å². The van der Waals surface area contributed by atoms with E-state index in [1.165, 1.54) is 11.3 Å². The van der Waals surface area contributed by atoms with E-state index in [-0.39, 0.29) is 12.1 Å². The molecule has 5 nitrogen and oxygen atoms in total. The van der Waals surface area contributed by atoms with Crippen LogP contribution < -0.4 is 5.32 Å². The molecule has 5 rings (SSSR count). The van der Waals surface area contributed by atoms with E-state index in [1.54, 1.807) is 0 Å². The van der Waals surface area contributed by atoms with Crippen LogP contribution in [0.1, 0.15) is 29.0 Å². The molecule has 3 aromatic heterocycles. The van der Waals surface area contributed by atoms with Gasteiger partial charge in [0.15, 0.2) is 5.11 Å². The SMILES string of the molecule is S=C1N[C@@H](c2ccccn2)[C@@H](c2cccn2-c2ccccc2)N1Cc1ccncc1. The van der Waals surface area contributed by atoms with Crippen LogP contribution in [0.25, 0.3) is 5.69 Å². The molecule has 6 heteroatoms. The Hall–Kier alpha value is -3.51. The minimum atomic E-state index is -0.0436. The molecule has 0 radical (unpaired) electrons. The number of thiocarbonyl (C=S) groups is 1. The van der Waals surface area contributed by atoms with Gasteiger partial charge in [0, 0.05) is 42.7 Å². The molecule has 1 fully saturated rings. The summed E-state index contributed by atoms with van der Waals surface area (Å²) in [6, 6.07) is 24.7. The second-order valence-corrected chi connectivity index (χ2v) is 7.64. The van der Waals surface area contributed by atoms with Crippen LogP contribution in [-0.2, 0) is 6.54 Å². The summed E-state index contributed by atoms with van der Waals surface area (Å²) < 4.78 is 2.23. The zero-order valence-electron chi connectivity index (χ0n) is 16.3. The first-order valence-corrected chi connectivity index (χ1v) is 10.3. The number of nitrogens with one attached hydrogen (secondary N) is 1. The van der Waals surface area contributed by atoms with E-state index in [0.717, 1.165) is 16.5 Å². The van der Waals surface area contributed by atoms with E-state index < -0.39 is 0 Å². The fourth-order valence-corrected chi connectivity index (χ4v) is 4.35. The highest BCUT2D eigenvalue weighted by molar-refractivity contribution is 7.80. The maximum Gasteiger partial charge on any atom is 0.170 e. The van der Waals surface area contributed by atoms with Gasteiger partial charge >= 0.3 is 0 Å². The minimum absolute atomic E-state index is 0.00392. The van der Waals surface area contributed by atoms with E-state index in [1.807, 2.05) is 48.9 Å². The molecular formula is C24H21N5S. The van der Waals surface area contributed by atoms with Gasteiger partial charge in [0.2, 0.25) is 0 Å². The standard InChI is InChI=1S/C24H21N5S/c30-24-27-22(20-9-4-5-13-26-20)23(29(24)17-18-11-14-25-15-12-18)21-10-6-16-28(21)19-7-2-1-3-8-19/h1-16,22-23H,17H2,(H,27,30)/t22-,23+/m0/s1. The fourth-order valence-electron chi connectivity index (χ4n) is 4.04. The summed E-state index contributed by atoms with van der Waals surface area (Å²) in [5.74, 6) is 0. The first kappa shape index (κ1) is 18.5. The summed E-state index contributed by atoms with van der Waals surface area (Å²) in [5, 5.41) is 4.25. The van der Waals surface area contributed by atoms with Crippen molar-refractivity contribution in [3.05, 3.63) is 115 Å². The normalized spacial score (nSPS) is 18.4. The van der Waals surface area contributed by atoms with Crippen LogP contribution >= 0.6 is 12.2 Å². The molecule has 0 bridgehead atoms. The first-order valence-electron chi connectivity index (χ1n) is 9.91. The molecule has 0 saturated carbocycles. The second kappa shape index (κ2) is 8.08. The van der Waals surface area contributed by atoms with Crippen LogP contribution in [0.4, 0.5) is 0 Å². The highest BCUT2D eigenvalue weighted by Gasteiger charge is 2.41. The summed E-state index contributed by atoms with van der Waals surface area (Å²) in [5.41, 5.74) is 4.43. The summed E-state index contributed by atoms with van der Waals surface area (Å²) in [6.07, 6.45) is 7.57. The smallest absolute Gasteiger partial charge is 0.170 e. The largest absolute Gasteiger partial charge is 0.352 e. The van der Waals surface area contributed by atoms with Gasteiger partial charge in [0.1, 0.15) is 0 Å². The number of benzene rings is 1. The number of hydrogen-bond acceptors (Lipinski definition) is 3. The van der Waals surface area contributed by atoms with Crippen molar-refractivity contribution >= 4 is 17.3 Å². The maximum atomic E-state index is 5.79. The first-order chi connectivity index (χ1) is 14.8. The van der Waals surface area contributed by atoms with E-state index in [4.69, 9.17) is 12.2 Å². The molecule has 1 N–H and O–H groups in total. The zero-order chi connectivity index (χ0) is 20.3. The lowest BCUT2D eigenvalue weighted by Gasteiger charge is -2.29. The summed E-state index contributed by atoms with van der Waals surface area (Å²) in [6.45, 7) is 0.697. The molecule has 0 unspecified atom stereocenters. The van der Waals surface area contributed by atoms with Gasteiger partial charge < -0.3 is 14.8 Å². The predicted molar refractivity (Wildman–Crippen MR) is 121 cm³/mol. The molecule has 30 heavy (non-hydrogen) atoms. The lowest BCUT2D eigenvalue weighted by Crippen LogP contribution is -2.30. The molecule has 0 spiro atoms. The number of nitrogens with zero attached hydrogens (tertiary/aromatic N) is 4. The number of rotatable bonds is 5. The summed E-state index contributed by atoms with van der Waals surface area (Å²) in [7, 11) is 0. The molecule has 1 saturated heterocycles. The van der Waals surface area contributed by atoms with Crippen LogP contribution in [0.2, 0.25) is 0 Å². The van der Waals surface area contributed by atoms with Crippen molar-refractivity contribution in [3.8, 4) is 5.69 Å². The Labute approximate surface area is 181 Å². The van der Waals surface area contributed by atoms with Gasteiger partial charge in [-0.15, -0.1) is 0 Å². The van der Waals surface area contributed by atoms with E-state index in [0.29, 0.717) is 6.54 Å². The van der Waals surface area contributed by atoms with Crippen LogP contribution in [0.3, 0.4) is 0 Å². The van der Waals surface area contributed by atoms with Gasteiger partial charge in [-0.05, 0) is 66.3 Å². The van der Waals surface area contributed by atoms with Crippen molar-refractivity contribution in [1.82, 2.24) is 24.8 Å². The van der Waals surface area contributed by atoms with Gasteiger partial charge in [0.25, 0.3) is 0 Å². The van der Waals surface area contributed by atoms with Gasteiger partial charge in [-0.25, -0.2) is 0 Å². The topological polar surface area (TPSA) is 46.0 Å². The quantitative estimate of drug-likeness (QED) is 0.492. The van der Waals surface area contributed by atoms with Crippen molar-refractivity contribution in [3.63, 3.8) is 0 Å². The second-order valence-electron chi connectivity index (χ2n) is 7.25. The van der Waals surface area contributed by atoms with Crippen molar-refractivity contribution in [1.29, 1.82) is 0 Å². The molecule has 1 aliphatic rings. The zero-order valence-corrected chi connectivity index (χ0v) is 17.1. The Balaban J connectivity index is 1.60. The van der Waals surface area contributed by atoms with Gasteiger partial charge in [-0.2, -0.15) is 0 Å². The third-order valence-electron chi connectivity index (χ3n) is 5.42. The third kappa shape index (κ3) is 3.46. The number of pyridine rings is 2. The highest BCUT2D eigenvalue weighted by Crippen LogP contribution is 2.40. The van der Waals surface area contributed by atoms with Crippen LogP contribution in [0.15, 0.2) is 97.6 Å². The molecule has 0 aliphatic carbocycles.